The van der Waals surface area contributed by atoms with Gasteiger partial charge >= 0.3 is 0 Å². The highest BCUT2D eigenvalue weighted by molar-refractivity contribution is 5.56. The van der Waals surface area contributed by atoms with Gasteiger partial charge in [-0.05, 0) is 11.1 Å². The van der Waals surface area contributed by atoms with Crippen LogP contribution in [0.5, 0.6) is 0 Å². The lowest BCUT2D eigenvalue weighted by Crippen LogP contribution is -2.52. The minimum Gasteiger partial charge on any atom is -0.370 e. The van der Waals surface area contributed by atoms with Crippen LogP contribution >= 0.6 is 0 Å². The first kappa shape index (κ1) is 17.4. The predicted octanol–water partition coefficient (Wildman–Crippen LogP) is 2.73. The highest BCUT2D eigenvalue weighted by atomic mass is 16.8. The van der Waals surface area contributed by atoms with E-state index in [1.165, 1.54) is 0 Å². The molecule has 26 heavy (non-hydrogen) atoms. The average Bonchev–Trinajstić information content (AvgIpc) is 3.13. The van der Waals surface area contributed by atoms with Crippen molar-refractivity contribution in [2.45, 2.75) is 37.8 Å². The van der Waals surface area contributed by atoms with Crippen molar-refractivity contribution in [3.05, 3.63) is 71.8 Å². The number of hydrogen-bond acceptors (Lipinski definition) is 5. The van der Waals surface area contributed by atoms with E-state index in [2.05, 4.69) is 0 Å². The number of benzene rings is 2. The Bertz CT molecular complexity index is 647. The summed E-state index contributed by atoms with van der Waals surface area (Å²) >= 11 is 0. The number of rotatable bonds is 7. The van der Waals surface area contributed by atoms with Crippen molar-refractivity contribution in [1.29, 1.82) is 0 Å². The van der Waals surface area contributed by atoms with Gasteiger partial charge in [0.1, 0.15) is 18.5 Å². The van der Waals surface area contributed by atoms with Crippen LogP contribution < -0.4 is 0 Å². The van der Waals surface area contributed by atoms with Gasteiger partial charge in [-0.1, -0.05) is 60.7 Å². The van der Waals surface area contributed by atoms with E-state index in [4.69, 9.17) is 18.9 Å². The van der Waals surface area contributed by atoms with Gasteiger partial charge in [0.05, 0.1) is 31.8 Å². The monoisotopic (exact) mass is 354 g/mol. The van der Waals surface area contributed by atoms with Crippen LogP contribution in [0.2, 0.25) is 0 Å². The highest BCUT2D eigenvalue weighted by Crippen LogP contribution is 2.35. The molecule has 2 aromatic rings. The third-order valence-electron chi connectivity index (χ3n) is 4.85. The summed E-state index contributed by atoms with van der Waals surface area (Å²) in [6.07, 6.45) is -0.701. The van der Waals surface area contributed by atoms with Gasteiger partial charge in [-0.3, -0.25) is 0 Å². The molecule has 2 aliphatic heterocycles. The van der Waals surface area contributed by atoms with E-state index < -0.39 is 18.3 Å². The molecule has 0 N–H and O–H groups in total. The standard InChI is InChI=1S/C21H22O5/c22-11-17-19(23-12-15-7-3-1-4-8-15)18-14-25-21(26-18)20(17)24-13-16-9-5-2-6-10-16/h1-11,17-21H,12-14H2. The number of carbonyl (C=O) groups excluding carboxylic acids is 1. The lowest BCUT2D eigenvalue weighted by Gasteiger charge is -2.38. The highest BCUT2D eigenvalue weighted by Gasteiger charge is 2.52. The molecule has 5 atom stereocenters. The first-order chi connectivity index (χ1) is 12.8. The Morgan fingerprint density at radius 2 is 1.46 bits per heavy atom. The lowest BCUT2D eigenvalue weighted by atomic mass is 9.91. The number of carbonyl (C=O) groups is 1. The summed E-state index contributed by atoms with van der Waals surface area (Å²) in [5, 5.41) is 0. The Morgan fingerprint density at radius 3 is 2.04 bits per heavy atom. The Kier molecular flexibility index (Phi) is 5.41. The summed E-state index contributed by atoms with van der Waals surface area (Å²) in [5.74, 6) is -0.423. The molecule has 4 rings (SSSR count). The molecule has 2 aliphatic rings. The van der Waals surface area contributed by atoms with Crippen LogP contribution in [0.1, 0.15) is 11.1 Å². The summed E-state index contributed by atoms with van der Waals surface area (Å²) < 4.78 is 23.7. The summed E-state index contributed by atoms with van der Waals surface area (Å²) in [5.41, 5.74) is 2.10. The molecule has 136 valence electrons. The van der Waals surface area contributed by atoms with Crippen LogP contribution in [0.4, 0.5) is 0 Å². The summed E-state index contributed by atoms with van der Waals surface area (Å²) in [4.78, 5) is 11.9. The molecule has 5 nitrogen and oxygen atoms in total. The minimum absolute atomic E-state index is 0.240. The first-order valence-corrected chi connectivity index (χ1v) is 8.88. The Labute approximate surface area is 152 Å². The van der Waals surface area contributed by atoms with E-state index in [0.29, 0.717) is 19.8 Å². The fourth-order valence-electron chi connectivity index (χ4n) is 3.50. The van der Waals surface area contributed by atoms with E-state index in [9.17, 15) is 4.79 Å². The molecule has 2 fully saturated rings. The second kappa shape index (κ2) is 8.10. The molecule has 2 saturated heterocycles. The van der Waals surface area contributed by atoms with Crippen LogP contribution in [-0.4, -0.2) is 37.5 Å². The molecule has 0 spiro atoms. The molecule has 2 aromatic carbocycles. The second-order valence-electron chi connectivity index (χ2n) is 6.61. The van der Waals surface area contributed by atoms with Crippen LogP contribution in [0.15, 0.2) is 60.7 Å². The van der Waals surface area contributed by atoms with Gasteiger partial charge in [0.2, 0.25) is 0 Å². The smallest absolute Gasteiger partial charge is 0.185 e. The molecule has 0 aromatic heterocycles. The maximum absolute atomic E-state index is 11.9. The quantitative estimate of drug-likeness (QED) is 0.716. The molecule has 2 bridgehead atoms. The molecule has 0 amide bonds. The zero-order valence-corrected chi connectivity index (χ0v) is 14.4. The van der Waals surface area contributed by atoms with Gasteiger partial charge in [0.15, 0.2) is 6.29 Å². The van der Waals surface area contributed by atoms with Crippen molar-refractivity contribution in [3.63, 3.8) is 0 Å². The molecule has 5 unspecified atom stereocenters. The van der Waals surface area contributed by atoms with Crippen molar-refractivity contribution in [2.24, 2.45) is 5.92 Å². The zero-order valence-electron chi connectivity index (χ0n) is 14.4. The maximum atomic E-state index is 11.9. The van der Waals surface area contributed by atoms with E-state index in [1.54, 1.807) is 0 Å². The van der Waals surface area contributed by atoms with E-state index >= 15 is 0 Å². The molecule has 0 radical (unpaired) electrons. The Balaban J connectivity index is 1.45. The van der Waals surface area contributed by atoms with Gasteiger partial charge in [0, 0.05) is 0 Å². The fraction of sp³-hybridized carbons (Fsp3) is 0.381. The summed E-state index contributed by atoms with van der Waals surface area (Å²) in [6, 6.07) is 19.7. The van der Waals surface area contributed by atoms with E-state index in [1.807, 2.05) is 60.7 Å². The number of aldehydes is 1. The van der Waals surface area contributed by atoms with Crippen molar-refractivity contribution in [2.75, 3.05) is 6.61 Å². The number of ether oxygens (including phenoxy) is 4. The van der Waals surface area contributed by atoms with Gasteiger partial charge in [0.25, 0.3) is 0 Å². The third-order valence-corrected chi connectivity index (χ3v) is 4.85. The van der Waals surface area contributed by atoms with Gasteiger partial charge in [-0.25, -0.2) is 0 Å². The molecular formula is C21H22O5. The largest absolute Gasteiger partial charge is 0.370 e. The molecular weight excluding hydrogens is 332 g/mol. The Hall–Kier alpha value is -2.05. The third kappa shape index (κ3) is 3.71. The maximum Gasteiger partial charge on any atom is 0.185 e. The number of hydrogen-bond donors (Lipinski definition) is 0. The van der Waals surface area contributed by atoms with Crippen LogP contribution in [0, 0.1) is 5.92 Å². The average molecular weight is 354 g/mol. The predicted molar refractivity (Wildman–Crippen MR) is 94.2 cm³/mol. The molecule has 5 heteroatoms. The fourth-order valence-corrected chi connectivity index (χ4v) is 3.50. The summed E-state index contributed by atoms with van der Waals surface area (Å²) in [7, 11) is 0. The van der Waals surface area contributed by atoms with Crippen LogP contribution in [-0.2, 0) is 37.0 Å². The summed E-state index contributed by atoms with van der Waals surface area (Å²) in [6.45, 7) is 1.24. The molecule has 2 heterocycles. The normalized spacial score (nSPS) is 30.2. The molecule has 0 aliphatic carbocycles. The van der Waals surface area contributed by atoms with Crippen molar-refractivity contribution < 1.29 is 23.7 Å². The van der Waals surface area contributed by atoms with Gasteiger partial charge in [-0.2, -0.15) is 0 Å². The Morgan fingerprint density at radius 1 is 0.885 bits per heavy atom. The van der Waals surface area contributed by atoms with Gasteiger partial charge < -0.3 is 23.7 Å². The van der Waals surface area contributed by atoms with E-state index in [-0.39, 0.29) is 12.2 Å². The number of fused-ring (bicyclic) bond motifs is 2. The lowest BCUT2D eigenvalue weighted by molar-refractivity contribution is -0.232. The topological polar surface area (TPSA) is 54.0 Å². The van der Waals surface area contributed by atoms with Gasteiger partial charge in [-0.15, -0.1) is 0 Å². The van der Waals surface area contributed by atoms with Crippen LogP contribution in [0.25, 0.3) is 0 Å². The van der Waals surface area contributed by atoms with Crippen molar-refractivity contribution in [1.82, 2.24) is 0 Å². The van der Waals surface area contributed by atoms with Crippen molar-refractivity contribution in [3.8, 4) is 0 Å². The second-order valence-corrected chi connectivity index (χ2v) is 6.61. The molecule has 0 saturated carbocycles. The van der Waals surface area contributed by atoms with E-state index in [0.717, 1.165) is 17.4 Å². The first-order valence-electron chi connectivity index (χ1n) is 8.88. The minimum atomic E-state index is -0.518. The SMILES string of the molecule is O=CC1C(OCc2ccccc2)C2COC(O2)C1OCc1ccccc1. The zero-order chi connectivity index (χ0) is 17.8. The van der Waals surface area contributed by atoms with Crippen molar-refractivity contribution >= 4 is 6.29 Å². The van der Waals surface area contributed by atoms with Crippen LogP contribution in [0.3, 0.4) is 0 Å².